The van der Waals surface area contributed by atoms with Crippen molar-refractivity contribution in [3.05, 3.63) is 83.9 Å². The molecule has 0 aliphatic carbocycles. The van der Waals surface area contributed by atoms with E-state index >= 15 is 0 Å². The minimum atomic E-state index is -4.03. The Bertz CT molecular complexity index is 1380. The maximum atomic E-state index is 12.8. The second-order valence-corrected chi connectivity index (χ2v) is 9.83. The average Bonchev–Trinajstić information content (AvgIpc) is 3.02. The fourth-order valence-corrected chi connectivity index (χ4v) is 5.21. The van der Waals surface area contributed by atoms with Crippen molar-refractivity contribution in [1.82, 2.24) is 4.72 Å². The van der Waals surface area contributed by atoms with Crippen LogP contribution in [0.15, 0.2) is 72.8 Å². The van der Waals surface area contributed by atoms with Crippen molar-refractivity contribution < 1.29 is 27.5 Å². The molecule has 2 aliphatic heterocycles. The third-order valence-corrected chi connectivity index (χ3v) is 7.17. The number of para-hydroxylation sites is 1. The zero-order chi connectivity index (χ0) is 24.4. The van der Waals surface area contributed by atoms with Gasteiger partial charge in [-0.05, 0) is 42.2 Å². The second-order valence-electron chi connectivity index (χ2n) is 8.23. The number of fused-ring (bicyclic) bond motifs is 1. The molecule has 2 amide bonds. The summed E-state index contributed by atoms with van der Waals surface area (Å²) in [7, 11) is -4.03. The molecule has 2 N–H and O–H groups in total. The lowest BCUT2D eigenvalue weighted by Gasteiger charge is -2.21. The first-order valence-electron chi connectivity index (χ1n) is 11.1. The Morgan fingerprint density at radius 3 is 2.51 bits per heavy atom. The molecule has 3 aromatic rings. The molecule has 0 bridgehead atoms. The number of aryl methyl sites for hydroxylation is 1. The van der Waals surface area contributed by atoms with E-state index < -0.39 is 22.2 Å². The van der Waals surface area contributed by atoms with E-state index in [4.69, 9.17) is 9.47 Å². The van der Waals surface area contributed by atoms with E-state index in [0.29, 0.717) is 18.6 Å². The molecule has 0 saturated carbocycles. The van der Waals surface area contributed by atoms with Gasteiger partial charge in [0.15, 0.2) is 6.10 Å². The zero-order valence-corrected chi connectivity index (χ0v) is 19.5. The van der Waals surface area contributed by atoms with E-state index in [1.165, 1.54) is 6.07 Å². The number of hydrogen-bond donors (Lipinski definition) is 2. The average molecular weight is 494 g/mol. The number of carbonyl (C=O) groups excluding carboxylic acids is 2. The lowest BCUT2D eigenvalue weighted by molar-refractivity contribution is -0.122. The van der Waals surface area contributed by atoms with Crippen LogP contribution in [0.3, 0.4) is 0 Å². The highest BCUT2D eigenvalue weighted by Gasteiger charge is 2.36. The van der Waals surface area contributed by atoms with Crippen molar-refractivity contribution in [1.29, 1.82) is 0 Å². The number of carbonyl (C=O) groups is 2. The minimum Gasteiger partial charge on any atom is -0.487 e. The number of ether oxygens (including phenoxy) is 2. The Hall–Kier alpha value is -4.05. The third kappa shape index (κ3) is 4.92. The van der Waals surface area contributed by atoms with Gasteiger partial charge in [-0.1, -0.05) is 48.5 Å². The quantitative estimate of drug-likeness (QED) is 0.546. The van der Waals surface area contributed by atoms with Crippen LogP contribution in [0.1, 0.15) is 17.5 Å². The number of amides is 2. The molecule has 1 atom stereocenters. The second kappa shape index (κ2) is 9.30. The van der Waals surface area contributed by atoms with Crippen molar-refractivity contribution in [2.75, 3.05) is 16.2 Å². The molecule has 2 aliphatic rings. The van der Waals surface area contributed by atoms with E-state index in [-0.39, 0.29) is 30.5 Å². The van der Waals surface area contributed by atoms with Gasteiger partial charge in [0, 0.05) is 11.8 Å². The van der Waals surface area contributed by atoms with E-state index in [1.54, 1.807) is 12.1 Å². The zero-order valence-electron chi connectivity index (χ0n) is 18.6. The highest BCUT2D eigenvalue weighted by Crippen LogP contribution is 2.36. The molecular formula is C25H23N3O6S. The molecule has 5 rings (SSSR count). The molecule has 180 valence electrons. The molecular weight excluding hydrogens is 470 g/mol. The molecule has 35 heavy (non-hydrogen) atoms. The normalized spacial score (nSPS) is 18.7. The van der Waals surface area contributed by atoms with E-state index in [0.717, 1.165) is 21.1 Å². The van der Waals surface area contributed by atoms with Gasteiger partial charge in [-0.15, -0.1) is 0 Å². The molecule has 0 radical (unpaired) electrons. The third-order valence-electron chi connectivity index (χ3n) is 5.78. The predicted octanol–water partition coefficient (Wildman–Crippen LogP) is 2.78. The molecule has 10 heteroatoms. The van der Waals surface area contributed by atoms with Gasteiger partial charge in [0.1, 0.15) is 24.7 Å². The number of nitrogens with zero attached hydrogens (tertiary/aromatic N) is 1. The lowest BCUT2D eigenvalue weighted by atomic mass is 10.1. The summed E-state index contributed by atoms with van der Waals surface area (Å²) in [6.45, 7) is -0.181. The summed E-state index contributed by atoms with van der Waals surface area (Å²) in [5.41, 5.74) is 2.88. The van der Waals surface area contributed by atoms with Gasteiger partial charge in [-0.3, -0.25) is 9.59 Å². The summed E-state index contributed by atoms with van der Waals surface area (Å²) in [6, 6.07) is 21.6. The molecule has 0 aromatic heterocycles. The molecule has 1 saturated heterocycles. The molecule has 0 spiro atoms. The van der Waals surface area contributed by atoms with E-state index in [9.17, 15) is 18.0 Å². The fourth-order valence-electron chi connectivity index (χ4n) is 4.05. The Kier molecular flexibility index (Phi) is 6.04. The number of anilines is 2. The van der Waals surface area contributed by atoms with Gasteiger partial charge >= 0.3 is 10.2 Å². The number of nitrogens with one attached hydrogen (secondary N) is 2. The summed E-state index contributed by atoms with van der Waals surface area (Å²) < 4.78 is 39.8. The fraction of sp³-hybridized carbons (Fsp3) is 0.200. The minimum absolute atomic E-state index is 0.172. The Morgan fingerprint density at radius 2 is 1.74 bits per heavy atom. The standard InChI is InChI=1S/C25H23N3O6S/c29-24-15-28(35(31,32)27-24)21-12-11-19(14-23(21)33-16-17-6-2-1-3-7-17)34-22-13-10-18-8-4-5-9-20(18)26-25(22)30/h1-9,11-12,14,22H,10,13,15-16H2,(H,26,30)(H,27,29). The van der Waals surface area contributed by atoms with Crippen molar-refractivity contribution in [3.8, 4) is 11.5 Å². The predicted molar refractivity (Wildman–Crippen MR) is 129 cm³/mol. The first-order chi connectivity index (χ1) is 16.9. The summed E-state index contributed by atoms with van der Waals surface area (Å²) in [5, 5.41) is 2.90. The summed E-state index contributed by atoms with van der Waals surface area (Å²) in [4.78, 5) is 24.6. The molecule has 3 aromatic carbocycles. The van der Waals surface area contributed by atoms with E-state index in [2.05, 4.69) is 5.32 Å². The topological polar surface area (TPSA) is 114 Å². The smallest absolute Gasteiger partial charge is 0.326 e. The van der Waals surface area contributed by atoms with Gasteiger partial charge in [-0.2, -0.15) is 8.42 Å². The van der Waals surface area contributed by atoms with Crippen molar-refractivity contribution in [2.45, 2.75) is 25.6 Å². The summed E-state index contributed by atoms with van der Waals surface area (Å²) in [6.07, 6.45) is 0.396. The van der Waals surface area contributed by atoms with Crippen LogP contribution >= 0.6 is 0 Å². The maximum Gasteiger partial charge on any atom is 0.326 e. The number of hydrogen-bond acceptors (Lipinski definition) is 6. The SMILES string of the molecule is O=C1CN(c2ccc(OC3CCc4ccccc4NC3=O)cc2OCc2ccccc2)S(=O)(=O)N1. The first-order valence-corrected chi connectivity index (χ1v) is 12.5. The van der Waals surface area contributed by atoms with Crippen molar-refractivity contribution >= 4 is 33.4 Å². The molecule has 1 fully saturated rings. The van der Waals surface area contributed by atoms with Crippen LogP contribution in [0, 0.1) is 0 Å². The van der Waals surface area contributed by atoms with Gasteiger partial charge in [0.2, 0.25) is 0 Å². The van der Waals surface area contributed by atoms with Gasteiger partial charge in [0.25, 0.3) is 11.8 Å². The highest BCUT2D eigenvalue weighted by atomic mass is 32.2. The van der Waals surface area contributed by atoms with Crippen LogP contribution in [0.4, 0.5) is 11.4 Å². The van der Waals surface area contributed by atoms with Gasteiger partial charge in [0.05, 0.1) is 5.69 Å². The van der Waals surface area contributed by atoms with Crippen LogP contribution in [-0.4, -0.2) is 32.9 Å². The Labute approximate surface area is 202 Å². The van der Waals surface area contributed by atoms with Gasteiger partial charge in [-0.25, -0.2) is 9.03 Å². The number of rotatable bonds is 6. The summed E-state index contributed by atoms with van der Waals surface area (Å²) >= 11 is 0. The lowest BCUT2D eigenvalue weighted by Crippen LogP contribution is -2.32. The molecule has 1 unspecified atom stereocenters. The monoisotopic (exact) mass is 493 g/mol. The van der Waals surface area contributed by atoms with Crippen LogP contribution in [-0.2, 0) is 32.8 Å². The van der Waals surface area contributed by atoms with E-state index in [1.807, 2.05) is 59.3 Å². The number of benzene rings is 3. The summed E-state index contributed by atoms with van der Waals surface area (Å²) in [5.74, 6) is -0.334. The molecule has 2 heterocycles. The van der Waals surface area contributed by atoms with Crippen LogP contribution in [0.2, 0.25) is 0 Å². The van der Waals surface area contributed by atoms with Crippen molar-refractivity contribution in [3.63, 3.8) is 0 Å². The van der Waals surface area contributed by atoms with Crippen LogP contribution in [0.25, 0.3) is 0 Å². The maximum absolute atomic E-state index is 12.8. The first kappa shape index (κ1) is 22.7. The largest absolute Gasteiger partial charge is 0.487 e. The van der Waals surface area contributed by atoms with Crippen molar-refractivity contribution in [2.24, 2.45) is 0 Å². The van der Waals surface area contributed by atoms with Crippen LogP contribution in [0.5, 0.6) is 11.5 Å². The molecule has 9 nitrogen and oxygen atoms in total. The van der Waals surface area contributed by atoms with Gasteiger partial charge < -0.3 is 14.8 Å². The highest BCUT2D eigenvalue weighted by molar-refractivity contribution is 7.92. The Balaban J connectivity index is 1.41. The van der Waals surface area contributed by atoms with Crippen LogP contribution < -0.4 is 23.8 Å². The Morgan fingerprint density at radius 1 is 0.971 bits per heavy atom.